The summed E-state index contributed by atoms with van der Waals surface area (Å²) in [5, 5.41) is 0. The monoisotopic (exact) mass is 250 g/mol. The molecule has 1 rings (SSSR count). The quantitative estimate of drug-likeness (QED) is 0.515. The van der Waals surface area contributed by atoms with E-state index < -0.39 is 0 Å². The van der Waals surface area contributed by atoms with Crippen molar-refractivity contribution in [2.75, 3.05) is 0 Å². The Bertz CT molecular complexity index is 331. The number of hydrogen-bond acceptors (Lipinski definition) is 3. The predicted octanol–water partition coefficient (Wildman–Crippen LogP) is 3.20. The first-order valence-corrected chi connectivity index (χ1v) is 6.67. The molecule has 1 saturated carbocycles. The van der Waals surface area contributed by atoms with Crippen LogP contribution < -0.4 is 0 Å². The summed E-state index contributed by atoms with van der Waals surface area (Å²) in [6.07, 6.45) is 9.36. The van der Waals surface area contributed by atoms with Gasteiger partial charge in [0.2, 0.25) is 0 Å². The summed E-state index contributed by atoms with van der Waals surface area (Å²) in [7, 11) is 0. The summed E-state index contributed by atoms with van der Waals surface area (Å²) in [5.74, 6) is -0.142. The third-order valence-electron chi connectivity index (χ3n) is 3.17. The molecule has 1 fully saturated rings. The minimum Gasteiger partial charge on any atom is -0.462 e. The Morgan fingerprint density at radius 2 is 2.28 bits per heavy atom. The van der Waals surface area contributed by atoms with Gasteiger partial charge in [-0.3, -0.25) is 9.59 Å². The van der Waals surface area contributed by atoms with Gasteiger partial charge >= 0.3 is 5.97 Å². The Labute approximate surface area is 109 Å². The largest absolute Gasteiger partial charge is 0.462 e. The van der Waals surface area contributed by atoms with Gasteiger partial charge in [-0.15, -0.1) is 6.58 Å². The number of Topliss-reactive ketones (excluding diaryl/α,β-unsaturated/α-hetero) is 1. The first-order chi connectivity index (χ1) is 8.69. The topological polar surface area (TPSA) is 43.4 Å². The van der Waals surface area contributed by atoms with Gasteiger partial charge in [0, 0.05) is 12.8 Å². The second-order valence-corrected chi connectivity index (χ2v) is 4.58. The summed E-state index contributed by atoms with van der Waals surface area (Å²) in [6, 6.07) is 0. The van der Waals surface area contributed by atoms with Crippen molar-refractivity contribution in [1.29, 1.82) is 0 Å². The molecule has 2 unspecified atom stereocenters. The Morgan fingerprint density at radius 1 is 1.50 bits per heavy atom. The molecule has 0 aliphatic heterocycles. The van der Waals surface area contributed by atoms with Gasteiger partial charge in [0.1, 0.15) is 11.9 Å². The van der Waals surface area contributed by atoms with Gasteiger partial charge in [-0.25, -0.2) is 0 Å². The van der Waals surface area contributed by atoms with Crippen LogP contribution in [0.4, 0.5) is 0 Å². The Hall–Kier alpha value is -1.38. The molecule has 0 heterocycles. The van der Waals surface area contributed by atoms with Crippen molar-refractivity contribution in [2.45, 2.75) is 51.6 Å². The number of ketones is 1. The van der Waals surface area contributed by atoms with Crippen molar-refractivity contribution in [3.63, 3.8) is 0 Å². The van der Waals surface area contributed by atoms with E-state index in [0.29, 0.717) is 32.1 Å². The zero-order chi connectivity index (χ0) is 13.4. The van der Waals surface area contributed by atoms with E-state index in [4.69, 9.17) is 4.74 Å². The maximum Gasteiger partial charge on any atom is 0.306 e. The molecule has 3 nitrogen and oxygen atoms in total. The third-order valence-corrected chi connectivity index (χ3v) is 3.17. The highest BCUT2D eigenvalue weighted by Gasteiger charge is 2.36. The van der Waals surface area contributed by atoms with E-state index in [1.54, 1.807) is 6.08 Å². The van der Waals surface area contributed by atoms with Crippen LogP contribution in [0.25, 0.3) is 0 Å². The van der Waals surface area contributed by atoms with Crippen LogP contribution in [0.3, 0.4) is 0 Å². The summed E-state index contributed by atoms with van der Waals surface area (Å²) >= 11 is 0. The second-order valence-electron chi connectivity index (χ2n) is 4.58. The van der Waals surface area contributed by atoms with E-state index >= 15 is 0 Å². The molecule has 0 amide bonds. The maximum atomic E-state index is 11.7. The minimum atomic E-state index is -0.226. The fourth-order valence-corrected chi connectivity index (χ4v) is 2.16. The molecule has 18 heavy (non-hydrogen) atoms. The van der Waals surface area contributed by atoms with Crippen molar-refractivity contribution >= 4 is 11.8 Å². The van der Waals surface area contributed by atoms with E-state index in [0.717, 1.165) is 6.42 Å². The zero-order valence-electron chi connectivity index (χ0n) is 11.1. The van der Waals surface area contributed by atoms with Crippen LogP contribution in [0.1, 0.15) is 45.4 Å². The van der Waals surface area contributed by atoms with Crippen molar-refractivity contribution in [2.24, 2.45) is 5.92 Å². The van der Waals surface area contributed by atoms with E-state index in [2.05, 4.69) is 13.5 Å². The van der Waals surface area contributed by atoms with Gasteiger partial charge in [-0.2, -0.15) is 0 Å². The third kappa shape index (κ3) is 4.47. The summed E-state index contributed by atoms with van der Waals surface area (Å²) in [6.45, 7) is 5.63. The van der Waals surface area contributed by atoms with Crippen LogP contribution in [0.2, 0.25) is 0 Å². The van der Waals surface area contributed by atoms with Crippen LogP contribution in [-0.4, -0.2) is 17.9 Å². The molecule has 0 bridgehead atoms. The summed E-state index contributed by atoms with van der Waals surface area (Å²) in [5.41, 5.74) is 0. The van der Waals surface area contributed by atoms with E-state index in [-0.39, 0.29) is 23.8 Å². The van der Waals surface area contributed by atoms with E-state index in [9.17, 15) is 9.59 Å². The molecule has 1 aliphatic rings. The average Bonchev–Trinajstić information content (AvgIpc) is 2.69. The fraction of sp³-hybridized carbons (Fsp3) is 0.600. The molecular weight excluding hydrogens is 228 g/mol. The first kappa shape index (κ1) is 14.7. The maximum absolute atomic E-state index is 11.7. The molecule has 0 saturated heterocycles. The van der Waals surface area contributed by atoms with Gasteiger partial charge < -0.3 is 4.74 Å². The summed E-state index contributed by atoms with van der Waals surface area (Å²) in [4.78, 5) is 23.3. The van der Waals surface area contributed by atoms with Crippen LogP contribution in [0.15, 0.2) is 24.8 Å². The van der Waals surface area contributed by atoms with Crippen LogP contribution >= 0.6 is 0 Å². The molecule has 0 aromatic carbocycles. The smallest absolute Gasteiger partial charge is 0.306 e. The minimum absolute atomic E-state index is 0.138. The van der Waals surface area contributed by atoms with Gasteiger partial charge in [-0.1, -0.05) is 25.2 Å². The van der Waals surface area contributed by atoms with Crippen LogP contribution in [0.5, 0.6) is 0 Å². The standard InChI is InChI=1S/C15H22O3/c1-3-5-7-8-12-13(16)10-11-14(12)18-15(17)9-6-4-2/h4-5,7,12,14H,2-3,6,8-11H2,1H3/b7-5-. The lowest BCUT2D eigenvalue weighted by atomic mass is 10.00. The molecule has 0 aromatic heterocycles. The Kier molecular flexibility index (Phi) is 6.40. The van der Waals surface area contributed by atoms with Gasteiger partial charge in [-0.05, 0) is 25.7 Å². The Morgan fingerprint density at radius 3 is 2.94 bits per heavy atom. The predicted molar refractivity (Wildman–Crippen MR) is 71.1 cm³/mol. The van der Waals surface area contributed by atoms with Crippen molar-refractivity contribution in [3.8, 4) is 0 Å². The highest BCUT2D eigenvalue weighted by molar-refractivity contribution is 5.84. The average molecular weight is 250 g/mol. The van der Waals surface area contributed by atoms with E-state index in [1.165, 1.54) is 0 Å². The first-order valence-electron chi connectivity index (χ1n) is 6.67. The van der Waals surface area contributed by atoms with Crippen molar-refractivity contribution < 1.29 is 14.3 Å². The molecule has 100 valence electrons. The van der Waals surface area contributed by atoms with Gasteiger partial charge in [0.15, 0.2) is 0 Å². The lowest BCUT2D eigenvalue weighted by molar-refractivity contribution is -0.151. The number of carbonyl (C=O) groups is 2. The number of ether oxygens (including phenoxy) is 1. The Balaban J connectivity index is 2.47. The number of esters is 1. The fourth-order valence-electron chi connectivity index (χ4n) is 2.16. The lowest BCUT2D eigenvalue weighted by Gasteiger charge is -2.17. The highest BCUT2D eigenvalue weighted by atomic mass is 16.5. The molecule has 0 spiro atoms. The van der Waals surface area contributed by atoms with Crippen LogP contribution in [0, 0.1) is 5.92 Å². The number of carbonyl (C=O) groups excluding carboxylic acids is 2. The van der Waals surface area contributed by atoms with Gasteiger partial charge in [0.05, 0.1) is 5.92 Å². The number of hydrogen-bond donors (Lipinski definition) is 0. The lowest BCUT2D eigenvalue weighted by Crippen LogP contribution is -2.25. The summed E-state index contributed by atoms with van der Waals surface area (Å²) < 4.78 is 5.39. The molecule has 3 heteroatoms. The molecule has 1 aliphatic carbocycles. The highest BCUT2D eigenvalue weighted by Crippen LogP contribution is 2.28. The van der Waals surface area contributed by atoms with Crippen molar-refractivity contribution in [3.05, 3.63) is 24.8 Å². The van der Waals surface area contributed by atoms with Gasteiger partial charge in [0.25, 0.3) is 0 Å². The molecule has 2 atom stereocenters. The normalized spacial score (nSPS) is 23.5. The molecule has 0 N–H and O–H groups in total. The van der Waals surface area contributed by atoms with E-state index in [1.807, 2.05) is 12.2 Å². The molecular formula is C15H22O3. The number of allylic oxidation sites excluding steroid dienone is 3. The molecule has 0 aromatic rings. The zero-order valence-corrected chi connectivity index (χ0v) is 11.1. The number of rotatable bonds is 7. The SMILES string of the molecule is C=CCCC(=O)OC1CCC(=O)C1C/C=C\CC. The van der Waals surface area contributed by atoms with Crippen molar-refractivity contribution in [1.82, 2.24) is 0 Å². The second kappa shape index (κ2) is 7.85. The van der Waals surface area contributed by atoms with Crippen LogP contribution in [-0.2, 0) is 14.3 Å². The molecule has 0 radical (unpaired) electrons.